The van der Waals surface area contributed by atoms with Crippen LogP contribution in [-0.2, 0) is 4.43 Å². The fourth-order valence-electron chi connectivity index (χ4n) is 2.13. The first kappa shape index (κ1) is 20.2. The third-order valence-corrected chi connectivity index (χ3v) is 9.31. The zero-order valence-corrected chi connectivity index (χ0v) is 16.2. The SMILES string of the molecule is CCCCCCCCCCCCO[Si](C)(C)C(C)(C)C. The molecule has 0 heterocycles. The zero-order chi connectivity index (χ0) is 15.5. The van der Waals surface area contributed by atoms with Crippen LogP contribution in [0.3, 0.4) is 0 Å². The molecule has 20 heavy (non-hydrogen) atoms. The molecule has 0 aliphatic heterocycles. The first-order chi connectivity index (χ1) is 9.31. The summed E-state index contributed by atoms with van der Waals surface area (Å²) in [7, 11) is -1.50. The molecule has 0 amide bonds. The van der Waals surface area contributed by atoms with Crippen molar-refractivity contribution in [1.82, 2.24) is 0 Å². The molecule has 0 aromatic rings. The molecule has 0 spiro atoms. The third kappa shape index (κ3) is 9.98. The highest BCUT2D eigenvalue weighted by Crippen LogP contribution is 2.36. The van der Waals surface area contributed by atoms with E-state index in [1.807, 2.05) is 0 Å². The summed E-state index contributed by atoms with van der Waals surface area (Å²) in [6, 6.07) is 0. The van der Waals surface area contributed by atoms with E-state index in [0.29, 0.717) is 5.04 Å². The molecule has 0 aliphatic rings. The Morgan fingerprint density at radius 1 is 0.700 bits per heavy atom. The Bertz CT molecular complexity index is 218. The van der Waals surface area contributed by atoms with Gasteiger partial charge in [0.1, 0.15) is 0 Å². The summed E-state index contributed by atoms with van der Waals surface area (Å²) in [5.74, 6) is 0. The summed E-state index contributed by atoms with van der Waals surface area (Å²) in [4.78, 5) is 0. The highest BCUT2D eigenvalue weighted by molar-refractivity contribution is 6.74. The van der Waals surface area contributed by atoms with Crippen molar-refractivity contribution in [1.29, 1.82) is 0 Å². The first-order valence-electron chi connectivity index (χ1n) is 8.95. The van der Waals surface area contributed by atoms with Gasteiger partial charge in [-0.25, -0.2) is 0 Å². The molecule has 0 rings (SSSR count). The van der Waals surface area contributed by atoms with Gasteiger partial charge < -0.3 is 4.43 Å². The lowest BCUT2D eigenvalue weighted by molar-refractivity contribution is 0.277. The molecule has 0 aromatic heterocycles. The van der Waals surface area contributed by atoms with Gasteiger partial charge in [-0.05, 0) is 24.6 Å². The number of unbranched alkanes of at least 4 members (excludes halogenated alkanes) is 9. The van der Waals surface area contributed by atoms with Gasteiger partial charge in [0.25, 0.3) is 0 Å². The molecule has 0 bridgehead atoms. The molecule has 0 aliphatic carbocycles. The van der Waals surface area contributed by atoms with Gasteiger partial charge in [-0.3, -0.25) is 0 Å². The average Bonchev–Trinajstić information content (AvgIpc) is 2.34. The van der Waals surface area contributed by atoms with Crippen molar-refractivity contribution in [3.63, 3.8) is 0 Å². The maximum absolute atomic E-state index is 6.20. The molecule has 0 N–H and O–H groups in total. The summed E-state index contributed by atoms with van der Waals surface area (Å²) >= 11 is 0. The van der Waals surface area contributed by atoms with E-state index in [0.717, 1.165) is 6.61 Å². The van der Waals surface area contributed by atoms with Crippen LogP contribution in [0.5, 0.6) is 0 Å². The minimum Gasteiger partial charge on any atom is -0.417 e. The predicted octanol–water partition coefficient (Wildman–Crippen LogP) is 6.93. The Kier molecular flexibility index (Phi) is 10.9. The second-order valence-corrected chi connectivity index (χ2v) is 12.6. The maximum atomic E-state index is 6.20. The van der Waals surface area contributed by atoms with Gasteiger partial charge in [0.15, 0.2) is 8.32 Å². The largest absolute Gasteiger partial charge is 0.417 e. The monoisotopic (exact) mass is 300 g/mol. The summed E-state index contributed by atoms with van der Waals surface area (Å²) in [5.41, 5.74) is 0. The van der Waals surface area contributed by atoms with Crippen LogP contribution in [0.2, 0.25) is 18.1 Å². The van der Waals surface area contributed by atoms with Crippen LogP contribution >= 0.6 is 0 Å². The van der Waals surface area contributed by atoms with Gasteiger partial charge in [0.05, 0.1) is 0 Å². The van der Waals surface area contributed by atoms with Gasteiger partial charge in [0.2, 0.25) is 0 Å². The molecule has 0 unspecified atom stereocenters. The summed E-state index contributed by atoms with van der Waals surface area (Å²) < 4.78 is 6.20. The van der Waals surface area contributed by atoms with Gasteiger partial charge >= 0.3 is 0 Å². The molecule has 0 saturated heterocycles. The van der Waals surface area contributed by atoms with E-state index >= 15 is 0 Å². The minimum atomic E-state index is -1.50. The third-order valence-electron chi connectivity index (χ3n) is 4.77. The van der Waals surface area contributed by atoms with Crippen molar-refractivity contribution < 1.29 is 4.43 Å². The fraction of sp³-hybridized carbons (Fsp3) is 1.00. The average molecular weight is 301 g/mol. The van der Waals surface area contributed by atoms with Crippen LogP contribution in [0.1, 0.15) is 91.9 Å². The zero-order valence-electron chi connectivity index (χ0n) is 15.2. The Morgan fingerprint density at radius 3 is 1.50 bits per heavy atom. The molecule has 0 atom stereocenters. The quantitative estimate of drug-likeness (QED) is 0.280. The second kappa shape index (κ2) is 10.8. The topological polar surface area (TPSA) is 9.23 Å². The van der Waals surface area contributed by atoms with Crippen LogP contribution in [0.25, 0.3) is 0 Å². The van der Waals surface area contributed by atoms with Gasteiger partial charge in [-0.1, -0.05) is 85.5 Å². The van der Waals surface area contributed by atoms with Crippen molar-refractivity contribution in [3.05, 3.63) is 0 Å². The number of hydrogen-bond acceptors (Lipinski definition) is 1. The molecular weight excluding hydrogens is 260 g/mol. The highest BCUT2D eigenvalue weighted by atomic mass is 28.4. The molecule has 2 heteroatoms. The van der Waals surface area contributed by atoms with Crippen molar-refractivity contribution in [2.45, 2.75) is 110 Å². The van der Waals surface area contributed by atoms with E-state index in [1.54, 1.807) is 0 Å². The van der Waals surface area contributed by atoms with Crippen molar-refractivity contribution in [3.8, 4) is 0 Å². The number of hydrogen-bond donors (Lipinski definition) is 0. The van der Waals surface area contributed by atoms with E-state index < -0.39 is 8.32 Å². The lowest BCUT2D eigenvalue weighted by atomic mass is 10.1. The lowest BCUT2D eigenvalue weighted by Crippen LogP contribution is -2.40. The maximum Gasteiger partial charge on any atom is 0.191 e. The fourth-order valence-corrected chi connectivity index (χ4v) is 3.22. The van der Waals surface area contributed by atoms with Crippen LogP contribution in [-0.4, -0.2) is 14.9 Å². The van der Waals surface area contributed by atoms with E-state index in [9.17, 15) is 0 Å². The molecule has 0 saturated carbocycles. The summed E-state index contributed by atoms with van der Waals surface area (Å²) in [6.07, 6.45) is 14.0. The Hall–Kier alpha value is 0.177. The predicted molar refractivity (Wildman–Crippen MR) is 95.0 cm³/mol. The summed E-state index contributed by atoms with van der Waals surface area (Å²) in [5, 5.41) is 0.353. The van der Waals surface area contributed by atoms with Gasteiger partial charge in [-0.2, -0.15) is 0 Å². The van der Waals surface area contributed by atoms with E-state index in [4.69, 9.17) is 4.43 Å². The Labute approximate surface area is 130 Å². The Morgan fingerprint density at radius 2 is 1.10 bits per heavy atom. The Balaban J connectivity index is 3.33. The van der Waals surface area contributed by atoms with Crippen LogP contribution in [0.15, 0.2) is 0 Å². The molecule has 122 valence electrons. The van der Waals surface area contributed by atoms with E-state index in [1.165, 1.54) is 64.2 Å². The number of rotatable bonds is 12. The van der Waals surface area contributed by atoms with E-state index in [2.05, 4.69) is 40.8 Å². The minimum absolute atomic E-state index is 0.353. The summed E-state index contributed by atoms with van der Waals surface area (Å²) in [6.45, 7) is 14.9. The molecule has 1 nitrogen and oxygen atoms in total. The van der Waals surface area contributed by atoms with Crippen LogP contribution in [0.4, 0.5) is 0 Å². The second-order valence-electron chi connectivity index (χ2n) is 7.79. The lowest BCUT2D eigenvalue weighted by Gasteiger charge is -2.36. The molecule has 0 fully saturated rings. The van der Waals surface area contributed by atoms with E-state index in [-0.39, 0.29) is 0 Å². The van der Waals surface area contributed by atoms with Crippen molar-refractivity contribution in [2.24, 2.45) is 0 Å². The van der Waals surface area contributed by atoms with Crippen molar-refractivity contribution in [2.75, 3.05) is 6.61 Å². The first-order valence-corrected chi connectivity index (χ1v) is 11.9. The highest BCUT2D eigenvalue weighted by Gasteiger charge is 2.36. The standard InChI is InChI=1S/C18H40OSi/c1-7-8-9-10-11-12-13-14-15-16-17-19-20(5,6)18(2,3)4/h7-17H2,1-6H3. The van der Waals surface area contributed by atoms with Crippen LogP contribution < -0.4 is 0 Å². The van der Waals surface area contributed by atoms with Gasteiger partial charge in [0, 0.05) is 6.61 Å². The van der Waals surface area contributed by atoms with Crippen molar-refractivity contribution >= 4 is 8.32 Å². The smallest absolute Gasteiger partial charge is 0.191 e. The molecule has 0 radical (unpaired) electrons. The molecule has 0 aromatic carbocycles. The van der Waals surface area contributed by atoms with Crippen LogP contribution in [0, 0.1) is 0 Å². The van der Waals surface area contributed by atoms with Gasteiger partial charge in [-0.15, -0.1) is 0 Å². The molecular formula is C18H40OSi. The normalized spacial score (nSPS) is 12.9.